The van der Waals surface area contributed by atoms with Crippen LogP contribution in [0.5, 0.6) is 0 Å². The van der Waals surface area contributed by atoms with Gasteiger partial charge in [0.05, 0.1) is 18.5 Å². The molecular weight excluding hydrogens is 406 g/mol. The van der Waals surface area contributed by atoms with Crippen LogP contribution in [0.4, 0.5) is 11.4 Å². The van der Waals surface area contributed by atoms with Gasteiger partial charge in [-0.3, -0.25) is 14.4 Å². The fraction of sp³-hybridized carbons (Fsp3) is 0.0455. The number of nitrogens with one attached hydrogen (secondary N) is 2. The van der Waals surface area contributed by atoms with Gasteiger partial charge in [-0.1, -0.05) is 29.8 Å². The van der Waals surface area contributed by atoms with Crippen LogP contribution in [0, 0.1) is 0 Å². The van der Waals surface area contributed by atoms with E-state index in [1.165, 1.54) is 6.26 Å². The van der Waals surface area contributed by atoms with Gasteiger partial charge in [-0.2, -0.15) is 0 Å². The Bertz CT molecular complexity index is 1120. The molecule has 0 saturated carbocycles. The first kappa shape index (κ1) is 19.5. The molecule has 1 aromatic heterocycles. The number of para-hydroxylation sites is 1. The van der Waals surface area contributed by atoms with Gasteiger partial charge in [0.15, 0.2) is 0 Å². The molecule has 2 aromatic carbocycles. The highest BCUT2D eigenvalue weighted by Crippen LogP contribution is 2.29. The molecule has 1 aliphatic heterocycles. The Morgan fingerprint density at radius 3 is 2.33 bits per heavy atom. The van der Waals surface area contributed by atoms with Crippen molar-refractivity contribution >= 4 is 40.7 Å². The second-order valence-electron chi connectivity index (χ2n) is 6.43. The molecule has 0 saturated heterocycles. The maximum absolute atomic E-state index is 12.7. The zero-order valence-corrected chi connectivity index (χ0v) is 16.3. The second-order valence-corrected chi connectivity index (χ2v) is 6.81. The normalized spacial score (nSPS) is 13.7. The van der Waals surface area contributed by atoms with Crippen molar-refractivity contribution in [3.8, 4) is 0 Å². The molecule has 1 aliphatic rings. The van der Waals surface area contributed by atoms with Crippen LogP contribution < -0.4 is 15.5 Å². The van der Waals surface area contributed by atoms with E-state index < -0.39 is 11.8 Å². The van der Waals surface area contributed by atoms with Crippen LogP contribution in [0.1, 0.15) is 16.1 Å². The number of hydrogen-bond acceptors (Lipinski definition) is 5. The maximum Gasteiger partial charge on any atom is 0.283 e. The van der Waals surface area contributed by atoms with Crippen molar-refractivity contribution in [2.75, 3.05) is 10.2 Å². The molecule has 8 heteroatoms. The van der Waals surface area contributed by atoms with Gasteiger partial charge in [0.25, 0.3) is 17.7 Å². The molecule has 2 heterocycles. The number of amides is 3. The van der Waals surface area contributed by atoms with E-state index in [0.29, 0.717) is 22.7 Å². The maximum atomic E-state index is 12.7. The summed E-state index contributed by atoms with van der Waals surface area (Å²) in [5.74, 6) is -0.756. The summed E-state index contributed by atoms with van der Waals surface area (Å²) in [5, 5.41) is 5.44. The molecule has 0 radical (unpaired) electrons. The Kier molecular flexibility index (Phi) is 5.36. The number of imide groups is 1. The van der Waals surface area contributed by atoms with E-state index in [1.54, 1.807) is 66.7 Å². The van der Waals surface area contributed by atoms with Crippen LogP contribution in [0.15, 0.2) is 88.1 Å². The van der Waals surface area contributed by atoms with Gasteiger partial charge in [0.2, 0.25) is 0 Å². The summed E-state index contributed by atoms with van der Waals surface area (Å²) in [6, 6.07) is 18.5. The molecule has 0 spiro atoms. The van der Waals surface area contributed by atoms with E-state index >= 15 is 0 Å². The lowest BCUT2D eigenvalue weighted by Gasteiger charge is -2.14. The van der Waals surface area contributed by atoms with E-state index in [0.717, 1.165) is 4.90 Å². The summed E-state index contributed by atoms with van der Waals surface area (Å²) in [6.45, 7) is 0.278. The number of carbonyl (C=O) groups is 3. The molecule has 7 nitrogen and oxygen atoms in total. The van der Waals surface area contributed by atoms with E-state index in [4.69, 9.17) is 16.0 Å². The van der Waals surface area contributed by atoms with Crippen molar-refractivity contribution < 1.29 is 18.8 Å². The second kappa shape index (κ2) is 8.26. The lowest BCUT2D eigenvalue weighted by molar-refractivity contribution is -0.120. The van der Waals surface area contributed by atoms with Gasteiger partial charge < -0.3 is 15.1 Å². The molecule has 0 fully saturated rings. The molecule has 0 bridgehead atoms. The molecular formula is C22H16ClN3O4. The van der Waals surface area contributed by atoms with Gasteiger partial charge >= 0.3 is 0 Å². The summed E-state index contributed by atoms with van der Waals surface area (Å²) in [5.41, 5.74) is 1.38. The molecule has 0 unspecified atom stereocenters. The largest absolute Gasteiger partial charge is 0.467 e. The van der Waals surface area contributed by atoms with E-state index in [9.17, 15) is 14.4 Å². The Morgan fingerprint density at radius 1 is 0.933 bits per heavy atom. The van der Waals surface area contributed by atoms with Crippen molar-refractivity contribution in [3.63, 3.8) is 0 Å². The number of hydrogen-bond donors (Lipinski definition) is 2. The monoisotopic (exact) mass is 421 g/mol. The fourth-order valence-corrected chi connectivity index (χ4v) is 3.17. The molecule has 2 N–H and O–H groups in total. The first-order valence-corrected chi connectivity index (χ1v) is 9.43. The number of rotatable bonds is 6. The highest BCUT2D eigenvalue weighted by Gasteiger charge is 2.38. The van der Waals surface area contributed by atoms with Crippen molar-refractivity contribution in [1.82, 2.24) is 5.32 Å². The highest BCUT2D eigenvalue weighted by atomic mass is 35.5. The number of halogens is 1. The predicted octanol–water partition coefficient (Wildman–Crippen LogP) is 3.65. The van der Waals surface area contributed by atoms with Crippen molar-refractivity contribution in [2.24, 2.45) is 0 Å². The van der Waals surface area contributed by atoms with E-state index in [-0.39, 0.29) is 23.2 Å². The van der Waals surface area contributed by atoms with Gasteiger partial charge in [-0.15, -0.1) is 0 Å². The van der Waals surface area contributed by atoms with Crippen LogP contribution in [-0.4, -0.2) is 17.7 Å². The van der Waals surface area contributed by atoms with Crippen LogP contribution in [0.3, 0.4) is 0 Å². The Morgan fingerprint density at radius 2 is 1.67 bits per heavy atom. The Hall–Kier alpha value is -3.84. The third-order valence-electron chi connectivity index (χ3n) is 4.46. The number of carbonyl (C=O) groups excluding carboxylic acids is 3. The van der Waals surface area contributed by atoms with Crippen LogP contribution >= 0.6 is 11.6 Å². The smallest absolute Gasteiger partial charge is 0.283 e. The summed E-state index contributed by atoms with van der Waals surface area (Å²) < 4.78 is 5.18. The molecule has 0 atom stereocenters. The zero-order valence-electron chi connectivity index (χ0n) is 15.6. The Labute approximate surface area is 176 Å². The minimum absolute atomic E-state index is 0.0134. The summed E-state index contributed by atoms with van der Waals surface area (Å²) in [7, 11) is 0. The first-order valence-electron chi connectivity index (χ1n) is 9.06. The highest BCUT2D eigenvalue weighted by molar-refractivity contribution is 6.53. The lowest BCUT2D eigenvalue weighted by atomic mass is 10.2. The SMILES string of the molecule is O=C(NCc1ccco1)c1ccc(NC2=C(Cl)C(=O)N(c3ccccc3)C2=O)cc1. The molecule has 0 aliphatic carbocycles. The molecule has 4 rings (SSSR count). The number of benzene rings is 2. The predicted molar refractivity (Wildman–Crippen MR) is 112 cm³/mol. The number of nitrogens with zero attached hydrogens (tertiary/aromatic N) is 1. The van der Waals surface area contributed by atoms with Crippen LogP contribution in [0.25, 0.3) is 0 Å². The first-order chi connectivity index (χ1) is 14.5. The van der Waals surface area contributed by atoms with Crippen molar-refractivity contribution in [2.45, 2.75) is 6.54 Å². The van der Waals surface area contributed by atoms with Crippen LogP contribution in [-0.2, 0) is 16.1 Å². The van der Waals surface area contributed by atoms with E-state index in [2.05, 4.69) is 10.6 Å². The quantitative estimate of drug-likeness (QED) is 0.593. The summed E-state index contributed by atoms with van der Waals surface area (Å²) in [6.07, 6.45) is 1.54. The van der Waals surface area contributed by atoms with Gasteiger partial charge in [0.1, 0.15) is 16.5 Å². The molecule has 150 valence electrons. The third kappa shape index (κ3) is 3.83. The van der Waals surface area contributed by atoms with Crippen molar-refractivity contribution in [1.29, 1.82) is 0 Å². The summed E-state index contributed by atoms with van der Waals surface area (Å²) in [4.78, 5) is 38.4. The average Bonchev–Trinajstić information content (AvgIpc) is 3.36. The average molecular weight is 422 g/mol. The topological polar surface area (TPSA) is 91.7 Å². The van der Waals surface area contributed by atoms with Crippen LogP contribution in [0.2, 0.25) is 0 Å². The Balaban J connectivity index is 1.44. The number of furan rings is 1. The van der Waals surface area contributed by atoms with Gasteiger partial charge in [-0.25, -0.2) is 4.90 Å². The van der Waals surface area contributed by atoms with Gasteiger partial charge in [0, 0.05) is 11.3 Å². The standard InChI is InChI=1S/C22H16ClN3O4/c23-18-19(22(29)26(21(18)28)16-5-2-1-3-6-16)25-15-10-8-14(9-11-15)20(27)24-13-17-7-4-12-30-17/h1-12,25H,13H2,(H,24,27). The minimum atomic E-state index is -0.593. The molecule has 3 aromatic rings. The minimum Gasteiger partial charge on any atom is -0.467 e. The third-order valence-corrected chi connectivity index (χ3v) is 4.81. The zero-order chi connectivity index (χ0) is 21.1. The molecule has 3 amide bonds. The van der Waals surface area contributed by atoms with Gasteiger partial charge in [-0.05, 0) is 48.5 Å². The fourth-order valence-electron chi connectivity index (χ4n) is 2.95. The molecule has 30 heavy (non-hydrogen) atoms. The summed E-state index contributed by atoms with van der Waals surface area (Å²) >= 11 is 6.12. The van der Waals surface area contributed by atoms with Crippen molar-refractivity contribution in [3.05, 3.63) is 95.0 Å². The lowest BCUT2D eigenvalue weighted by Crippen LogP contribution is -2.32. The number of anilines is 2. The van der Waals surface area contributed by atoms with E-state index in [1.807, 2.05) is 0 Å².